The second-order valence-electron chi connectivity index (χ2n) is 3.80. The number of fused-ring (bicyclic) bond motifs is 1. The van der Waals surface area contributed by atoms with Gasteiger partial charge in [-0.25, -0.2) is 0 Å². The van der Waals surface area contributed by atoms with E-state index in [1.165, 1.54) is 22.6 Å². The minimum atomic E-state index is 0.772. The molecule has 0 bridgehead atoms. The van der Waals surface area contributed by atoms with Crippen molar-refractivity contribution in [3.8, 4) is 0 Å². The molecule has 1 aliphatic rings. The molecule has 0 spiro atoms. The van der Waals surface area contributed by atoms with Crippen LogP contribution >= 0.6 is 23.5 Å². The lowest BCUT2D eigenvalue weighted by Gasteiger charge is -2.23. The van der Waals surface area contributed by atoms with Crippen LogP contribution in [-0.2, 0) is 11.5 Å². The van der Waals surface area contributed by atoms with Crippen molar-refractivity contribution in [2.75, 3.05) is 0 Å². The molecular formula is C12H16S2. The zero-order chi connectivity index (χ0) is 9.97. The van der Waals surface area contributed by atoms with E-state index in [2.05, 4.69) is 61.6 Å². The Morgan fingerprint density at radius 1 is 0.929 bits per heavy atom. The highest BCUT2D eigenvalue weighted by molar-refractivity contribution is 8.03. The highest BCUT2D eigenvalue weighted by atomic mass is 32.2. The van der Waals surface area contributed by atoms with Gasteiger partial charge in [0, 0.05) is 22.0 Å². The van der Waals surface area contributed by atoms with Crippen molar-refractivity contribution in [2.45, 2.75) is 35.9 Å². The van der Waals surface area contributed by atoms with Gasteiger partial charge in [-0.15, -0.1) is 0 Å². The van der Waals surface area contributed by atoms with Crippen LogP contribution in [0.5, 0.6) is 0 Å². The van der Waals surface area contributed by atoms with Crippen molar-refractivity contribution in [3.05, 3.63) is 35.4 Å². The molecule has 1 heterocycles. The summed E-state index contributed by atoms with van der Waals surface area (Å²) in [5.41, 5.74) is 3.06. The largest absolute Gasteiger partial charge is 0.153 e. The molecule has 0 saturated heterocycles. The van der Waals surface area contributed by atoms with Crippen LogP contribution in [0.15, 0.2) is 24.3 Å². The minimum Gasteiger partial charge on any atom is -0.153 e. The van der Waals surface area contributed by atoms with Crippen molar-refractivity contribution in [2.24, 2.45) is 0 Å². The number of hydrogen-bond donors (Lipinski definition) is 0. The number of benzene rings is 1. The molecule has 0 amide bonds. The summed E-state index contributed by atoms with van der Waals surface area (Å²) in [5, 5.41) is 1.54. The summed E-state index contributed by atoms with van der Waals surface area (Å²) in [6.45, 7) is 4.69. The van der Waals surface area contributed by atoms with Crippen LogP contribution in [0.1, 0.15) is 25.0 Å². The summed E-state index contributed by atoms with van der Waals surface area (Å²) < 4.78 is 0. The van der Waals surface area contributed by atoms with Crippen LogP contribution < -0.4 is 0 Å². The molecule has 0 radical (unpaired) electrons. The second-order valence-corrected chi connectivity index (χ2v) is 6.53. The molecule has 1 aromatic rings. The summed E-state index contributed by atoms with van der Waals surface area (Å²) in [6.07, 6.45) is 0. The third-order valence-electron chi connectivity index (χ3n) is 2.78. The molecule has 2 atom stereocenters. The third-order valence-corrected chi connectivity index (χ3v) is 5.78. The maximum absolute atomic E-state index is 2.34. The topological polar surface area (TPSA) is 0 Å². The van der Waals surface area contributed by atoms with E-state index >= 15 is 0 Å². The van der Waals surface area contributed by atoms with E-state index in [9.17, 15) is 0 Å². The van der Waals surface area contributed by atoms with E-state index < -0.39 is 0 Å². The van der Waals surface area contributed by atoms with Crippen molar-refractivity contribution in [1.29, 1.82) is 0 Å². The summed E-state index contributed by atoms with van der Waals surface area (Å²) in [4.78, 5) is 0. The van der Waals surface area contributed by atoms with E-state index in [-0.39, 0.29) is 0 Å². The maximum Gasteiger partial charge on any atom is 0.0190 e. The van der Waals surface area contributed by atoms with E-state index in [4.69, 9.17) is 0 Å². The van der Waals surface area contributed by atoms with Crippen molar-refractivity contribution in [3.63, 3.8) is 0 Å². The molecule has 0 fully saturated rings. The van der Waals surface area contributed by atoms with Gasteiger partial charge in [-0.3, -0.25) is 0 Å². The van der Waals surface area contributed by atoms with Gasteiger partial charge in [0.25, 0.3) is 0 Å². The summed E-state index contributed by atoms with van der Waals surface area (Å²) >= 11 is 4.16. The molecule has 0 saturated carbocycles. The fourth-order valence-electron chi connectivity index (χ4n) is 1.55. The van der Waals surface area contributed by atoms with Gasteiger partial charge >= 0.3 is 0 Å². The molecule has 0 nitrogen and oxygen atoms in total. The Morgan fingerprint density at radius 3 is 1.79 bits per heavy atom. The average molecular weight is 224 g/mol. The first-order valence-electron chi connectivity index (χ1n) is 5.07. The number of rotatable bonds is 0. The fourth-order valence-corrected chi connectivity index (χ4v) is 4.01. The summed E-state index contributed by atoms with van der Waals surface area (Å²) in [7, 11) is 0. The van der Waals surface area contributed by atoms with E-state index in [1.807, 2.05) is 0 Å². The maximum atomic E-state index is 2.34. The Kier molecular flexibility index (Phi) is 3.45. The number of hydrogen-bond acceptors (Lipinski definition) is 2. The molecular weight excluding hydrogens is 208 g/mol. The zero-order valence-corrected chi connectivity index (χ0v) is 10.3. The number of thioether (sulfide) groups is 2. The summed E-state index contributed by atoms with van der Waals surface area (Å²) in [5.74, 6) is 2.37. The Hall–Kier alpha value is -0.0800. The van der Waals surface area contributed by atoms with Gasteiger partial charge in [-0.2, -0.15) is 23.5 Å². The SMILES string of the molecule is CC1SCc2ccccc2CSC1C. The van der Waals surface area contributed by atoms with Crippen LogP contribution in [0.2, 0.25) is 0 Å². The van der Waals surface area contributed by atoms with Gasteiger partial charge in [0.05, 0.1) is 0 Å². The highest BCUT2D eigenvalue weighted by Crippen LogP contribution is 2.33. The highest BCUT2D eigenvalue weighted by Gasteiger charge is 2.17. The van der Waals surface area contributed by atoms with E-state index in [1.54, 1.807) is 0 Å². The fraction of sp³-hybridized carbons (Fsp3) is 0.500. The van der Waals surface area contributed by atoms with Crippen LogP contribution in [0, 0.1) is 0 Å². The predicted octanol–water partition coefficient (Wildman–Crippen LogP) is 3.94. The van der Waals surface area contributed by atoms with E-state index in [0.29, 0.717) is 0 Å². The molecule has 2 heteroatoms. The van der Waals surface area contributed by atoms with E-state index in [0.717, 1.165) is 10.5 Å². The molecule has 2 rings (SSSR count). The molecule has 0 N–H and O–H groups in total. The van der Waals surface area contributed by atoms with Crippen molar-refractivity contribution < 1.29 is 0 Å². The van der Waals surface area contributed by atoms with Gasteiger partial charge in [-0.05, 0) is 11.1 Å². The van der Waals surface area contributed by atoms with Crippen LogP contribution in [0.3, 0.4) is 0 Å². The molecule has 1 aliphatic heterocycles. The lowest BCUT2D eigenvalue weighted by molar-refractivity contribution is 0.920. The molecule has 0 aliphatic carbocycles. The standard InChI is InChI=1S/C12H16S2/c1-9-10(2)14-8-12-6-4-3-5-11(12)7-13-9/h3-6,9-10H,7-8H2,1-2H3. The minimum absolute atomic E-state index is 0.772. The van der Waals surface area contributed by atoms with Crippen LogP contribution in [0.4, 0.5) is 0 Å². The van der Waals surface area contributed by atoms with Crippen LogP contribution in [0.25, 0.3) is 0 Å². The molecule has 14 heavy (non-hydrogen) atoms. The Labute approximate surface area is 94.9 Å². The lowest BCUT2D eigenvalue weighted by atomic mass is 10.1. The second kappa shape index (κ2) is 4.63. The van der Waals surface area contributed by atoms with Crippen LogP contribution in [-0.4, -0.2) is 10.5 Å². The van der Waals surface area contributed by atoms with Crippen molar-refractivity contribution >= 4 is 23.5 Å². The first-order valence-corrected chi connectivity index (χ1v) is 7.17. The van der Waals surface area contributed by atoms with Gasteiger partial charge in [0.2, 0.25) is 0 Å². The summed E-state index contributed by atoms with van der Waals surface area (Å²) in [6, 6.07) is 8.84. The monoisotopic (exact) mass is 224 g/mol. The first-order chi connectivity index (χ1) is 6.77. The predicted molar refractivity (Wildman–Crippen MR) is 68.0 cm³/mol. The van der Waals surface area contributed by atoms with Crippen molar-refractivity contribution in [1.82, 2.24) is 0 Å². The normalized spacial score (nSPS) is 27.6. The lowest BCUT2D eigenvalue weighted by Crippen LogP contribution is -2.15. The Bertz CT molecular complexity index is 278. The van der Waals surface area contributed by atoms with Gasteiger partial charge in [0.15, 0.2) is 0 Å². The van der Waals surface area contributed by atoms with Gasteiger partial charge in [-0.1, -0.05) is 38.1 Å². The molecule has 1 aromatic carbocycles. The Balaban J connectivity index is 2.20. The third kappa shape index (κ3) is 2.29. The van der Waals surface area contributed by atoms with Gasteiger partial charge < -0.3 is 0 Å². The average Bonchev–Trinajstić information content (AvgIpc) is 2.21. The molecule has 76 valence electrons. The molecule has 2 unspecified atom stereocenters. The quantitative estimate of drug-likeness (QED) is 0.654. The Morgan fingerprint density at radius 2 is 1.36 bits per heavy atom. The molecule has 0 aromatic heterocycles. The van der Waals surface area contributed by atoms with Gasteiger partial charge in [0.1, 0.15) is 0 Å². The first kappa shape index (κ1) is 10.4. The zero-order valence-electron chi connectivity index (χ0n) is 8.69. The smallest absolute Gasteiger partial charge is 0.0190 e.